The van der Waals surface area contributed by atoms with Crippen molar-refractivity contribution in [1.82, 2.24) is 15.6 Å². The summed E-state index contributed by atoms with van der Waals surface area (Å²) < 4.78 is 5.50. The summed E-state index contributed by atoms with van der Waals surface area (Å²) in [5, 5.41) is 5.89. The van der Waals surface area contributed by atoms with E-state index in [4.69, 9.17) is 4.74 Å². The summed E-state index contributed by atoms with van der Waals surface area (Å²) in [7, 11) is 0. The van der Waals surface area contributed by atoms with Gasteiger partial charge in [-0.05, 0) is 43.7 Å². The number of carbonyl (C=O) groups excluding carboxylic acids is 1. The molecule has 0 radical (unpaired) electrons. The third kappa shape index (κ3) is 4.82. The van der Waals surface area contributed by atoms with E-state index in [0.29, 0.717) is 12.5 Å². The monoisotopic (exact) mass is 318 g/mol. The van der Waals surface area contributed by atoms with Gasteiger partial charge < -0.3 is 20.3 Å². The standard InChI is InChI=1S/C17H26N4O2/c22-17(20-13-15-4-3-11-23-15)19-12-14-6-9-21(10-7-14)16-5-1-2-8-18-16/h1-2,5,8,14-15H,3-4,6-7,9-13H2,(H2,19,20,22)/t15-/m0/s1. The molecule has 6 heteroatoms. The highest BCUT2D eigenvalue weighted by atomic mass is 16.5. The van der Waals surface area contributed by atoms with Gasteiger partial charge in [-0.1, -0.05) is 6.07 Å². The number of nitrogens with zero attached hydrogens (tertiary/aromatic N) is 2. The van der Waals surface area contributed by atoms with Gasteiger partial charge in [-0.3, -0.25) is 0 Å². The highest BCUT2D eigenvalue weighted by Crippen LogP contribution is 2.20. The van der Waals surface area contributed by atoms with Gasteiger partial charge in [0.2, 0.25) is 0 Å². The number of anilines is 1. The van der Waals surface area contributed by atoms with Crippen LogP contribution in [0.15, 0.2) is 24.4 Å². The highest BCUT2D eigenvalue weighted by molar-refractivity contribution is 5.73. The molecule has 0 bridgehead atoms. The lowest BCUT2D eigenvalue weighted by Gasteiger charge is -2.32. The molecule has 0 spiro atoms. The van der Waals surface area contributed by atoms with Gasteiger partial charge in [0.05, 0.1) is 6.10 Å². The zero-order chi connectivity index (χ0) is 15.9. The number of pyridine rings is 1. The van der Waals surface area contributed by atoms with Crippen LogP contribution in [0, 0.1) is 5.92 Å². The van der Waals surface area contributed by atoms with Crippen molar-refractivity contribution in [2.75, 3.05) is 37.7 Å². The van der Waals surface area contributed by atoms with Crippen LogP contribution < -0.4 is 15.5 Å². The lowest BCUT2D eigenvalue weighted by molar-refractivity contribution is 0.111. The molecule has 2 amide bonds. The molecule has 0 saturated carbocycles. The first-order valence-electron chi connectivity index (χ1n) is 8.60. The molecule has 2 fully saturated rings. The fourth-order valence-electron chi connectivity index (χ4n) is 3.22. The Morgan fingerprint density at radius 3 is 2.74 bits per heavy atom. The highest BCUT2D eigenvalue weighted by Gasteiger charge is 2.21. The Hall–Kier alpha value is -1.82. The average Bonchev–Trinajstić information content (AvgIpc) is 3.13. The van der Waals surface area contributed by atoms with Crippen LogP contribution >= 0.6 is 0 Å². The van der Waals surface area contributed by atoms with Crippen molar-refractivity contribution in [1.29, 1.82) is 0 Å². The number of aromatic nitrogens is 1. The van der Waals surface area contributed by atoms with Gasteiger partial charge in [0.15, 0.2) is 0 Å². The molecule has 1 aromatic heterocycles. The van der Waals surface area contributed by atoms with Crippen LogP contribution in [0.1, 0.15) is 25.7 Å². The number of amides is 2. The molecule has 2 N–H and O–H groups in total. The van der Waals surface area contributed by atoms with Crippen LogP contribution in [0.4, 0.5) is 10.6 Å². The molecule has 1 atom stereocenters. The molecule has 6 nitrogen and oxygen atoms in total. The number of hydrogen-bond donors (Lipinski definition) is 2. The second-order valence-electron chi connectivity index (χ2n) is 6.34. The molecule has 0 aliphatic carbocycles. The Morgan fingerprint density at radius 2 is 2.04 bits per heavy atom. The lowest BCUT2D eigenvalue weighted by Crippen LogP contribution is -2.43. The van der Waals surface area contributed by atoms with Crippen LogP contribution in [0.5, 0.6) is 0 Å². The summed E-state index contributed by atoms with van der Waals surface area (Å²) in [5.74, 6) is 1.59. The van der Waals surface area contributed by atoms with Crippen molar-refractivity contribution < 1.29 is 9.53 Å². The number of hydrogen-bond acceptors (Lipinski definition) is 4. The summed E-state index contributed by atoms with van der Waals surface area (Å²) in [6.07, 6.45) is 6.35. The summed E-state index contributed by atoms with van der Waals surface area (Å²) >= 11 is 0. The van der Waals surface area contributed by atoms with E-state index >= 15 is 0 Å². The summed E-state index contributed by atoms with van der Waals surface area (Å²) in [6, 6.07) is 5.94. The van der Waals surface area contributed by atoms with E-state index in [0.717, 1.165) is 57.7 Å². The minimum atomic E-state index is -0.0762. The molecule has 2 saturated heterocycles. The number of urea groups is 1. The largest absolute Gasteiger partial charge is 0.376 e. The number of ether oxygens (including phenoxy) is 1. The second-order valence-corrected chi connectivity index (χ2v) is 6.34. The molecule has 3 rings (SSSR count). The molecule has 23 heavy (non-hydrogen) atoms. The molecule has 126 valence electrons. The van der Waals surface area contributed by atoms with E-state index in [2.05, 4.69) is 26.6 Å². The van der Waals surface area contributed by atoms with Gasteiger partial charge in [-0.25, -0.2) is 9.78 Å². The fraction of sp³-hybridized carbons (Fsp3) is 0.647. The Bertz CT molecular complexity index is 483. The average molecular weight is 318 g/mol. The van der Waals surface area contributed by atoms with Gasteiger partial charge in [-0.2, -0.15) is 0 Å². The number of rotatable bonds is 5. The Kier molecular flexibility index (Phi) is 5.69. The summed E-state index contributed by atoms with van der Waals surface area (Å²) in [4.78, 5) is 18.5. The Balaban J connectivity index is 1.32. The van der Waals surface area contributed by atoms with Crippen LogP contribution in [-0.4, -0.2) is 49.9 Å². The van der Waals surface area contributed by atoms with Gasteiger partial charge in [-0.15, -0.1) is 0 Å². The third-order valence-electron chi connectivity index (χ3n) is 4.65. The predicted molar refractivity (Wildman–Crippen MR) is 89.5 cm³/mol. The smallest absolute Gasteiger partial charge is 0.314 e. The number of nitrogens with one attached hydrogen (secondary N) is 2. The van der Waals surface area contributed by atoms with Crippen molar-refractivity contribution in [2.45, 2.75) is 31.8 Å². The van der Waals surface area contributed by atoms with Crippen molar-refractivity contribution in [3.05, 3.63) is 24.4 Å². The van der Waals surface area contributed by atoms with Gasteiger partial charge in [0, 0.05) is 39.0 Å². The van der Waals surface area contributed by atoms with Crippen molar-refractivity contribution >= 4 is 11.8 Å². The predicted octanol–water partition coefficient (Wildman–Crippen LogP) is 1.78. The van der Waals surface area contributed by atoms with Crippen molar-refractivity contribution in [3.8, 4) is 0 Å². The lowest BCUT2D eigenvalue weighted by atomic mass is 9.97. The zero-order valence-corrected chi connectivity index (χ0v) is 13.5. The quantitative estimate of drug-likeness (QED) is 0.868. The van der Waals surface area contributed by atoms with Crippen LogP contribution in [0.2, 0.25) is 0 Å². The fourth-order valence-corrected chi connectivity index (χ4v) is 3.22. The summed E-state index contributed by atoms with van der Waals surface area (Å²) in [5.41, 5.74) is 0. The van der Waals surface area contributed by atoms with Gasteiger partial charge >= 0.3 is 6.03 Å². The molecule has 1 aromatic rings. The molecule has 3 heterocycles. The van der Waals surface area contributed by atoms with E-state index in [9.17, 15) is 4.79 Å². The van der Waals surface area contributed by atoms with Crippen molar-refractivity contribution in [2.24, 2.45) is 5.92 Å². The third-order valence-corrected chi connectivity index (χ3v) is 4.65. The van der Waals surface area contributed by atoms with Crippen LogP contribution in [0.25, 0.3) is 0 Å². The van der Waals surface area contributed by atoms with Gasteiger partial charge in [0.25, 0.3) is 0 Å². The maximum absolute atomic E-state index is 11.8. The number of piperidine rings is 1. The molecular weight excluding hydrogens is 292 g/mol. The normalized spacial score (nSPS) is 22.1. The maximum atomic E-state index is 11.8. The minimum absolute atomic E-state index is 0.0762. The van der Waals surface area contributed by atoms with E-state index in [1.54, 1.807) is 0 Å². The first kappa shape index (κ1) is 16.1. The SMILES string of the molecule is O=C(NCC1CCN(c2ccccn2)CC1)NC[C@@H]1CCCO1. The van der Waals surface area contributed by atoms with Gasteiger partial charge in [0.1, 0.15) is 5.82 Å². The van der Waals surface area contributed by atoms with E-state index in [1.165, 1.54) is 0 Å². The second kappa shape index (κ2) is 8.15. The van der Waals surface area contributed by atoms with Crippen LogP contribution in [0.3, 0.4) is 0 Å². The minimum Gasteiger partial charge on any atom is -0.376 e. The number of carbonyl (C=O) groups is 1. The first-order valence-corrected chi connectivity index (χ1v) is 8.60. The topological polar surface area (TPSA) is 66.5 Å². The first-order chi connectivity index (χ1) is 11.3. The van der Waals surface area contributed by atoms with E-state index in [-0.39, 0.29) is 12.1 Å². The Labute approximate surface area is 137 Å². The molecule has 2 aliphatic heterocycles. The molecule has 0 unspecified atom stereocenters. The zero-order valence-electron chi connectivity index (χ0n) is 13.5. The van der Waals surface area contributed by atoms with E-state index < -0.39 is 0 Å². The molecule has 0 aromatic carbocycles. The van der Waals surface area contributed by atoms with Crippen molar-refractivity contribution in [3.63, 3.8) is 0 Å². The Morgan fingerprint density at radius 1 is 1.22 bits per heavy atom. The van der Waals surface area contributed by atoms with Crippen LogP contribution in [-0.2, 0) is 4.74 Å². The molecular formula is C17H26N4O2. The maximum Gasteiger partial charge on any atom is 0.314 e. The molecule has 2 aliphatic rings. The summed E-state index contributed by atoms with van der Waals surface area (Å²) in [6.45, 7) is 4.18. The van der Waals surface area contributed by atoms with E-state index in [1.807, 2.05) is 18.3 Å².